The van der Waals surface area contributed by atoms with Crippen molar-refractivity contribution >= 4 is 10.8 Å². The van der Waals surface area contributed by atoms with E-state index in [0.29, 0.717) is 0 Å². The van der Waals surface area contributed by atoms with E-state index in [-0.39, 0.29) is 0 Å². The van der Waals surface area contributed by atoms with E-state index in [2.05, 4.69) is 176 Å². The minimum Gasteiger partial charge on any atom is -0.228 e. The van der Waals surface area contributed by atoms with Crippen molar-refractivity contribution in [2.75, 3.05) is 0 Å². The highest BCUT2D eigenvalue weighted by molar-refractivity contribution is 6.21. The molecule has 0 radical (unpaired) electrons. The number of nitrogens with zero attached hydrogens (tertiary/aromatic N) is 2. The Morgan fingerprint density at radius 1 is 0.340 bits per heavy atom. The van der Waals surface area contributed by atoms with Crippen LogP contribution in [-0.4, -0.2) is 9.97 Å². The molecule has 3 aliphatic rings. The molecule has 1 atom stereocenters. The van der Waals surface area contributed by atoms with Gasteiger partial charge in [-0.1, -0.05) is 170 Å². The average Bonchev–Trinajstić information content (AvgIpc) is 3.84. The Bertz CT molecular complexity index is 2940. The van der Waals surface area contributed by atoms with Gasteiger partial charge in [0.05, 0.1) is 16.8 Å². The van der Waals surface area contributed by atoms with Crippen LogP contribution < -0.4 is 0 Å². The zero-order valence-corrected chi connectivity index (χ0v) is 28.7. The van der Waals surface area contributed by atoms with Gasteiger partial charge in [0.2, 0.25) is 0 Å². The van der Waals surface area contributed by atoms with Crippen molar-refractivity contribution in [3.63, 3.8) is 0 Å². The highest BCUT2D eigenvalue weighted by Crippen LogP contribution is 2.67. The maximum atomic E-state index is 5.42. The fourth-order valence-corrected chi connectivity index (χ4v) is 9.83. The Labute approximate surface area is 307 Å². The van der Waals surface area contributed by atoms with Gasteiger partial charge in [0.15, 0.2) is 5.82 Å². The van der Waals surface area contributed by atoms with E-state index in [1.165, 1.54) is 77.5 Å². The van der Waals surface area contributed by atoms with E-state index in [1.54, 1.807) is 0 Å². The molecule has 3 aliphatic carbocycles. The van der Waals surface area contributed by atoms with Crippen LogP contribution in [-0.2, 0) is 5.41 Å². The summed E-state index contributed by atoms with van der Waals surface area (Å²) in [6.45, 7) is 0. The Balaban J connectivity index is 1.23. The summed E-state index contributed by atoms with van der Waals surface area (Å²) in [6, 6.07) is 66.4. The molecule has 2 nitrogen and oxygen atoms in total. The van der Waals surface area contributed by atoms with Crippen LogP contribution in [0.25, 0.3) is 89.2 Å². The molecule has 1 unspecified atom stereocenters. The number of rotatable bonds is 3. The molecule has 53 heavy (non-hydrogen) atoms. The molecule has 244 valence electrons. The Morgan fingerprint density at radius 2 is 0.887 bits per heavy atom. The first kappa shape index (κ1) is 28.8. The van der Waals surface area contributed by atoms with Gasteiger partial charge in [0.25, 0.3) is 0 Å². The van der Waals surface area contributed by atoms with Crippen molar-refractivity contribution in [3.8, 4) is 78.4 Å². The van der Waals surface area contributed by atoms with E-state index in [9.17, 15) is 0 Å². The molecule has 1 aromatic heterocycles. The van der Waals surface area contributed by atoms with Gasteiger partial charge in [-0.25, -0.2) is 9.97 Å². The van der Waals surface area contributed by atoms with Crippen LogP contribution in [0.2, 0.25) is 0 Å². The predicted molar refractivity (Wildman–Crippen MR) is 217 cm³/mol. The van der Waals surface area contributed by atoms with Gasteiger partial charge in [0.1, 0.15) is 0 Å². The lowest BCUT2D eigenvalue weighted by Gasteiger charge is -2.32. The second-order valence-corrected chi connectivity index (χ2v) is 14.4. The van der Waals surface area contributed by atoms with Gasteiger partial charge in [0, 0.05) is 16.7 Å². The summed E-state index contributed by atoms with van der Waals surface area (Å²) in [7, 11) is 0. The first-order chi connectivity index (χ1) is 26.3. The van der Waals surface area contributed by atoms with Crippen molar-refractivity contribution in [3.05, 3.63) is 204 Å². The second kappa shape index (κ2) is 10.6. The molecule has 0 aliphatic heterocycles. The van der Waals surface area contributed by atoms with E-state index in [4.69, 9.17) is 9.97 Å². The number of hydrogen-bond donors (Lipinski definition) is 0. The number of aromatic nitrogens is 2. The third-order valence-corrected chi connectivity index (χ3v) is 11.8. The highest BCUT2D eigenvalue weighted by atomic mass is 14.9. The minimum absolute atomic E-state index is 0.558. The molecule has 0 fully saturated rings. The van der Waals surface area contributed by atoms with Gasteiger partial charge in [-0.15, -0.1) is 0 Å². The number of fused-ring (bicyclic) bond motifs is 14. The normalized spacial score (nSPS) is 15.2. The lowest BCUT2D eigenvalue weighted by atomic mass is 9.68. The molecule has 0 amide bonds. The van der Waals surface area contributed by atoms with E-state index in [0.717, 1.165) is 33.9 Å². The van der Waals surface area contributed by atoms with Crippen molar-refractivity contribution in [2.24, 2.45) is 0 Å². The average molecular weight is 671 g/mol. The van der Waals surface area contributed by atoms with Crippen molar-refractivity contribution < 1.29 is 0 Å². The Morgan fingerprint density at radius 3 is 1.66 bits per heavy atom. The molecule has 1 heterocycles. The third kappa shape index (κ3) is 3.72. The van der Waals surface area contributed by atoms with Gasteiger partial charge in [-0.3, -0.25) is 0 Å². The molecule has 9 aromatic rings. The fraction of sp³-hybridized carbons (Fsp3) is 0.0196. The maximum Gasteiger partial charge on any atom is 0.160 e. The van der Waals surface area contributed by atoms with Crippen LogP contribution in [0.15, 0.2) is 182 Å². The van der Waals surface area contributed by atoms with Crippen LogP contribution in [0, 0.1) is 0 Å². The molecular weight excluding hydrogens is 641 g/mol. The predicted octanol–water partition coefficient (Wildman–Crippen LogP) is 12.6. The van der Waals surface area contributed by atoms with Gasteiger partial charge in [-0.05, 0) is 89.7 Å². The first-order valence-electron chi connectivity index (χ1n) is 18.3. The SMILES string of the molecule is c1ccc(-c2cc(-c3cccc4c3C3(c5ccccc5-4)c4ccccc4-c4c3cc3c5c(cccc45)-c4ccccc4-3)nc(-c3ccccc3)n2)cc1. The topological polar surface area (TPSA) is 25.8 Å². The molecule has 0 N–H and O–H groups in total. The quantitative estimate of drug-likeness (QED) is 0.187. The van der Waals surface area contributed by atoms with Crippen LogP contribution in [0.4, 0.5) is 0 Å². The van der Waals surface area contributed by atoms with Gasteiger partial charge >= 0.3 is 0 Å². The summed E-state index contributed by atoms with van der Waals surface area (Å²) in [5.41, 5.74) is 20.2. The van der Waals surface area contributed by atoms with Gasteiger partial charge < -0.3 is 0 Å². The van der Waals surface area contributed by atoms with Crippen molar-refractivity contribution in [2.45, 2.75) is 5.41 Å². The van der Waals surface area contributed by atoms with Crippen molar-refractivity contribution in [1.29, 1.82) is 0 Å². The van der Waals surface area contributed by atoms with E-state index < -0.39 is 5.41 Å². The molecule has 2 heteroatoms. The number of hydrogen-bond acceptors (Lipinski definition) is 2. The lowest BCUT2D eigenvalue weighted by molar-refractivity contribution is 0.796. The molecule has 12 rings (SSSR count). The monoisotopic (exact) mass is 670 g/mol. The molecular formula is C51H30N2. The van der Waals surface area contributed by atoms with Gasteiger partial charge in [-0.2, -0.15) is 0 Å². The van der Waals surface area contributed by atoms with Crippen molar-refractivity contribution in [1.82, 2.24) is 9.97 Å². The fourth-order valence-electron chi connectivity index (χ4n) is 9.83. The van der Waals surface area contributed by atoms with E-state index in [1.807, 2.05) is 6.07 Å². The van der Waals surface area contributed by atoms with Crippen LogP contribution in [0.5, 0.6) is 0 Å². The minimum atomic E-state index is -0.558. The Hall–Kier alpha value is -6.90. The second-order valence-electron chi connectivity index (χ2n) is 14.4. The molecule has 0 saturated heterocycles. The summed E-state index contributed by atoms with van der Waals surface area (Å²) in [5.74, 6) is 0.722. The summed E-state index contributed by atoms with van der Waals surface area (Å²) in [4.78, 5) is 10.6. The lowest BCUT2D eigenvalue weighted by Crippen LogP contribution is -2.27. The summed E-state index contributed by atoms with van der Waals surface area (Å²) < 4.78 is 0. The summed E-state index contributed by atoms with van der Waals surface area (Å²) >= 11 is 0. The zero-order chi connectivity index (χ0) is 34.7. The maximum absolute atomic E-state index is 5.42. The molecule has 0 saturated carbocycles. The van der Waals surface area contributed by atoms with Crippen LogP contribution in [0.3, 0.4) is 0 Å². The summed E-state index contributed by atoms with van der Waals surface area (Å²) in [5, 5.41) is 2.67. The first-order valence-corrected chi connectivity index (χ1v) is 18.3. The zero-order valence-electron chi connectivity index (χ0n) is 28.7. The largest absolute Gasteiger partial charge is 0.228 e. The number of benzene rings is 8. The van der Waals surface area contributed by atoms with E-state index >= 15 is 0 Å². The smallest absolute Gasteiger partial charge is 0.160 e. The molecule has 0 bridgehead atoms. The van der Waals surface area contributed by atoms with Crippen LogP contribution >= 0.6 is 0 Å². The summed E-state index contributed by atoms with van der Waals surface area (Å²) in [6.07, 6.45) is 0. The Kier molecular flexibility index (Phi) is 5.73. The highest BCUT2D eigenvalue weighted by Gasteiger charge is 2.53. The standard InChI is InChI=1S/C51H30N2/c1-3-15-31(16-4-1)45-30-46(53-50(52-45)32-17-5-2-6-18-32)39-25-14-24-37-35-21-9-11-27-42(35)51(49(37)39)43-28-12-10-22-38(43)48-40-26-13-23-36-33-19-7-8-20-34(33)41(47(36)40)29-44(48)51/h1-30H. The van der Waals surface area contributed by atoms with Crippen LogP contribution in [0.1, 0.15) is 22.3 Å². The third-order valence-electron chi connectivity index (χ3n) is 11.8. The molecule has 1 spiro atoms. The molecule has 8 aromatic carbocycles.